The minimum atomic E-state index is -0.0803. The molecule has 5 rings (SSSR count). The van der Waals surface area contributed by atoms with Gasteiger partial charge in [0.2, 0.25) is 0 Å². The van der Waals surface area contributed by atoms with E-state index < -0.39 is 0 Å². The third-order valence-electron chi connectivity index (χ3n) is 5.69. The van der Waals surface area contributed by atoms with Crippen LogP contribution in [0.5, 0.6) is 0 Å². The topological polar surface area (TPSA) is 99.2 Å². The van der Waals surface area contributed by atoms with Gasteiger partial charge in [-0.05, 0) is 36.6 Å². The average molecular weight is 485 g/mol. The van der Waals surface area contributed by atoms with Crippen molar-refractivity contribution in [1.82, 2.24) is 25.1 Å². The Morgan fingerprint density at radius 1 is 1.03 bits per heavy atom. The van der Waals surface area contributed by atoms with Gasteiger partial charge in [-0.1, -0.05) is 23.2 Å². The van der Waals surface area contributed by atoms with Crippen LogP contribution in [0.4, 0.5) is 23.1 Å². The molecule has 0 saturated carbocycles. The molecule has 0 radical (unpaired) electrons. The molecule has 1 saturated heterocycles. The monoisotopic (exact) mass is 484 g/mol. The quantitative estimate of drug-likeness (QED) is 0.560. The van der Waals surface area contributed by atoms with Crippen LogP contribution in [0.3, 0.4) is 0 Å². The molecule has 11 heteroatoms. The van der Waals surface area contributed by atoms with Crippen molar-refractivity contribution >= 4 is 52.3 Å². The minimum absolute atomic E-state index is 0.0803. The largest absolute Gasteiger partial charge is 0.365 e. The van der Waals surface area contributed by atoms with E-state index in [1.165, 1.54) is 6.33 Å². The maximum atomic E-state index is 12.7. The number of benzene rings is 1. The molecule has 1 amide bonds. The first kappa shape index (κ1) is 21.7. The number of likely N-dealkylation sites (tertiary alicyclic amines) is 1. The molecule has 1 fully saturated rings. The number of halogens is 2. The lowest BCUT2D eigenvalue weighted by Gasteiger charge is -2.31. The molecule has 2 N–H and O–H groups in total. The lowest BCUT2D eigenvalue weighted by molar-refractivity contribution is 0.0787. The van der Waals surface area contributed by atoms with Gasteiger partial charge in [0.15, 0.2) is 11.6 Å². The Morgan fingerprint density at radius 3 is 2.73 bits per heavy atom. The van der Waals surface area contributed by atoms with Crippen LogP contribution in [0.1, 0.15) is 28.9 Å². The predicted octanol–water partition coefficient (Wildman–Crippen LogP) is 3.99. The van der Waals surface area contributed by atoms with Crippen LogP contribution in [0.25, 0.3) is 0 Å². The maximum Gasteiger partial charge on any atom is 0.272 e. The lowest BCUT2D eigenvalue weighted by Crippen LogP contribution is -2.34. The highest BCUT2D eigenvalue weighted by atomic mass is 35.5. The van der Waals surface area contributed by atoms with Gasteiger partial charge in [0.1, 0.15) is 17.8 Å². The van der Waals surface area contributed by atoms with Gasteiger partial charge in [-0.25, -0.2) is 9.97 Å². The summed E-state index contributed by atoms with van der Waals surface area (Å²) in [4.78, 5) is 25.0. The van der Waals surface area contributed by atoms with Crippen LogP contribution >= 0.6 is 23.2 Å². The number of rotatable bonds is 5. The van der Waals surface area contributed by atoms with Gasteiger partial charge in [0.05, 0.1) is 5.69 Å². The molecule has 0 aliphatic carbocycles. The Bertz CT molecular complexity index is 1180. The minimum Gasteiger partial charge on any atom is -0.365 e. The van der Waals surface area contributed by atoms with E-state index in [1.807, 2.05) is 17.0 Å². The zero-order valence-corrected chi connectivity index (χ0v) is 19.3. The van der Waals surface area contributed by atoms with Gasteiger partial charge in [-0.3, -0.25) is 4.79 Å². The second-order valence-corrected chi connectivity index (χ2v) is 8.80. The SMILES string of the molecule is O=C(c1cc(Nc2cc3c(nn2)NCCN3Cc2cc(Cl)ccc2Cl)ncn1)N1CCCC1. The first-order chi connectivity index (χ1) is 16.1. The smallest absolute Gasteiger partial charge is 0.272 e. The molecule has 2 aromatic heterocycles. The van der Waals surface area contributed by atoms with E-state index in [1.54, 1.807) is 18.2 Å². The molecule has 1 aromatic carbocycles. The summed E-state index contributed by atoms with van der Waals surface area (Å²) in [6.07, 6.45) is 3.43. The second kappa shape index (κ2) is 9.36. The Hall–Kier alpha value is -3.17. The van der Waals surface area contributed by atoms with Crippen LogP contribution in [0, 0.1) is 0 Å². The van der Waals surface area contributed by atoms with E-state index >= 15 is 0 Å². The molecule has 0 bridgehead atoms. The summed E-state index contributed by atoms with van der Waals surface area (Å²) < 4.78 is 0. The summed E-state index contributed by atoms with van der Waals surface area (Å²) >= 11 is 12.5. The van der Waals surface area contributed by atoms with Crippen LogP contribution in [-0.4, -0.2) is 57.2 Å². The number of anilines is 4. The van der Waals surface area contributed by atoms with Gasteiger partial charge in [0, 0.05) is 54.9 Å². The summed E-state index contributed by atoms with van der Waals surface area (Å²) in [6.45, 7) is 3.62. The van der Waals surface area contributed by atoms with Crippen molar-refractivity contribution < 1.29 is 4.79 Å². The van der Waals surface area contributed by atoms with Gasteiger partial charge in [0.25, 0.3) is 5.91 Å². The normalized spacial score (nSPS) is 15.2. The van der Waals surface area contributed by atoms with E-state index in [0.29, 0.717) is 39.7 Å². The highest BCUT2D eigenvalue weighted by molar-refractivity contribution is 6.33. The Kier molecular flexibility index (Phi) is 6.15. The van der Waals surface area contributed by atoms with E-state index in [-0.39, 0.29) is 5.91 Å². The Morgan fingerprint density at radius 2 is 1.88 bits per heavy atom. The van der Waals surface area contributed by atoms with Gasteiger partial charge < -0.3 is 20.4 Å². The second-order valence-electron chi connectivity index (χ2n) is 7.96. The molecule has 3 aromatic rings. The Labute approximate surface area is 201 Å². The maximum absolute atomic E-state index is 12.7. The molecule has 0 unspecified atom stereocenters. The number of nitrogens with zero attached hydrogens (tertiary/aromatic N) is 6. The highest BCUT2D eigenvalue weighted by Gasteiger charge is 2.22. The predicted molar refractivity (Wildman–Crippen MR) is 128 cm³/mol. The van der Waals surface area contributed by atoms with Gasteiger partial charge in [-0.2, -0.15) is 0 Å². The van der Waals surface area contributed by atoms with E-state index in [4.69, 9.17) is 23.2 Å². The van der Waals surface area contributed by atoms with E-state index in [0.717, 1.165) is 50.3 Å². The summed E-state index contributed by atoms with van der Waals surface area (Å²) in [5, 5.41) is 16.3. The fraction of sp³-hybridized carbons (Fsp3) is 0.318. The summed E-state index contributed by atoms with van der Waals surface area (Å²) in [7, 11) is 0. The summed E-state index contributed by atoms with van der Waals surface area (Å²) in [5.41, 5.74) is 2.18. The van der Waals surface area contributed by atoms with E-state index in [9.17, 15) is 4.79 Å². The fourth-order valence-electron chi connectivity index (χ4n) is 4.03. The zero-order chi connectivity index (χ0) is 22.8. The number of aromatic nitrogens is 4. The molecule has 33 heavy (non-hydrogen) atoms. The number of nitrogens with one attached hydrogen (secondary N) is 2. The van der Waals surface area contributed by atoms with Crippen LogP contribution in [-0.2, 0) is 6.54 Å². The van der Waals surface area contributed by atoms with Crippen molar-refractivity contribution in [3.05, 3.63) is 58.0 Å². The first-order valence-electron chi connectivity index (χ1n) is 10.8. The number of hydrogen-bond donors (Lipinski definition) is 2. The number of amides is 1. The molecule has 0 spiro atoms. The molecule has 170 valence electrons. The van der Waals surface area contributed by atoms with E-state index in [2.05, 4.69) is 35.7 Å². The highest BCUT2D eigenvalue weighted by Crippen LogP contribution is 2.32. The molecule has 0 atom stereocenters. The van der Waals surface area contributed by atoms with Crippen molar-refractivity contribution in [2.24, 2.45) is 0 Å². The van der Waals surface area contributed by atoms with Crippen LogP contribution in [0.2, 0.25) is 10.0 Å². The Balaban J connectivity index is 1.37. The van der Waals surface area contributed by atoms with Crippen molar-refractivity contribution in [2.45, 2.75) is 19.4 Å². The van der Waals surface area contributed by atoms with Gasteiger partial charge >= 0.3 is 0 Å². The van der Waals surface area contributed by atoms with Crippen molar-refractivity contribution in [3.8, 4) is 0 Å². The van der Waals surface area contributed by atoms with Crippen molar-refractivity contribution in [1.29, 1.82) is 0 Å². The molecular formula is C22H22Cl2N8O. The van der Waals surface area contributed by atoms with Crippen LogP contribution < -0.4 is 15.5 Å². The van der Waals surface area contributed by atoms with Crippen molar-refractivity contribution in [2.75, 3.05) is 41.7 Å². The average Bonchev–Trinajstić information content (AvgIpc) is 3.36. The summed E-state index contributed by atoms with van der Waals surface area (Å²) in [5.74, 6) is 1.61. The number of carbonyl (C=O) groups excluding carboxylic acids is 1. The standard InChI is InChI=1S/C22H22Cl2N8O/c23-15-3-4-16(24)14(9-15)12-32-8-5-25-21-18(32)11-20(29-30-21)28-19-10-17(26-13-27-19)22(33)31-6-1-2-7-31/h3-4,9-11,13H,1-2,5-8,12H2,(H,25,30)(H,26,27,28,29). The molecule has 2 aliphatic rings. The molecule has 9 nitrogen and oxygen atoms in total. The number of hydrogen-bond acceptors (Lipinski definition) is 8. The summed E-state index contributed by atoms with van der Waals surface area (Å²) in [6, 6.07) is 8.99. The van der Waals surface area contributed by atoms with Crippen molar-refractivity contribution in [3.63, 3.8) is 0 Å². The van der Waals surface area contributed by atoms with Crippen LogP contribution in [0.15, 0.2) is 36.7 Å². The zero-order valence-electron chi connectivity index (χ0n) is 17.8. The number of fused-ring (bicyclic) bond motifs is 1. The number of carbonyl (C=O) groups is 1. The molecule has 2 aliphatic heterocycles. The lowest BCUT2D eigenvalue weighted by atomic mass is 10.2. The third kappa shape index (κ3) is 4.79. The van der Waals surface area contributed by atoms with Gasteiger partial charge in [-0.15, -0.1) is 10.2 Å². The molecule has 4 heterocycles. The molecular weight excluding hydrogens is 463 g/mol. The third-order valence-corrected chi connectivity index (χ3v) is 6.30. The fourth-order valence-corrected chi connectivity index (χ4v) is 4.40. The first-order valence-corrected chi connectivity index (χ1v) is 11.5.